The van der Waals surface area contributed by atoms with Crippen molar-refractivity contribution in [2.75, 3.05) is 13.7 Å². The highest BCUT2D eigenvalue weighted by atomic mass is 32.2. The summed E-state index contributed by atoms with van der Waals surface area (Å²) in [5, 5.41) is 2.79. The van der Waals surface area contributed by atoms with Gasteiger partial charge in [-0.05, 0) is 49.2 Å². The zero-order valence-electron chi connectivity index (χ0n) is 19.2. The number of carbonyl (C=O) groups excluding carboxylic acids is 1. The number of amides is 1. The first-order valence-electron chi connectivity index (χ1n) is 10.6. The molecule has 3 rings (SSSR count). The van der Waals surface area contributed by atoms with E-state index in [4.69, 9.17) is 9.15 Å². The van der Waals surface area contributed by atoms with E-state index in [2.05, 4.69) is 15.0 Å². The zero-order valence-corrected chi connectivity index (χ0v) is 20.0. The van der Waals surface area contributed by atoms with Crippen LogP contribution in [0.5, 0.6) is 5.75 Å². The Labute approximate surface area is 194 Å². The van der Waals surface area contributed by atoms with Crippen LogP contribution in [0.15, 0.2) is 64.1 Å². The van der Waals surface area contributed by atoms with Gasteiger partial charge in [0.2, 0.25) is 21.8 Å². The number of nitrogens with zero attached hydrogens (tertiary/aromatic N) is 1. The van der Waals surface area contributed by atoms with E-state index in [0.29, 0.717) is 30.3 Å². The van der Waals surface area contributed by atoms with Crippen molar-refractivity contribution in [2.24, 2.45) is 5.92 Å². The van der Waals surface area contributed by atoms with Gasteiger partial charge in [-0.2, -0.15) is 4.72 Å². The third-order valence-corrected chi connectivity index (χ3v) is 6.59. The summed E-state index contributed by atoms with van der Waals surface area (Å²) in [4.78, 5) is 17.3. The Hall–Kier alpha value is -3.17. The fraction of sp³-hybridized carbons (Fsp3) is 0.333. The molecule has 0 fully saturated rings. The van der Waals surface area contributed by atoms with E-state index in [1.807, 2.05) is 31.2 Å². The van der Waals surface area contributed by atoms with E-state index >= 15 is 0 Å². The lowest BCUT2D eigenvalue weighted by Crippen LogP contribution is -2.49. The van der Waals surface area contributed by atoms with Crippen LogP contribution in [-0.4, -0.2) is 39.0 Å². The third-order valence-electron chi connectivity index (χ3n) is 5.13. The predicted octanol–water partition coefficient (Wildman–Crippen LogP) is 3.32. The average molecular weight is 472 g/mol. The number of methoxy groups -OCH3 is 1. The van der Waals surface area contributed by atoms with Gasteiger partial charge in [-0.15, -0.1) is 0 Å². The summed E-state index contributed by atoms with van der Waals surface area (Å²) >= 11 is 0. The Morgan fingerprint density at radius 3 is 2.36 bits per heavy atom. The number of carbonyl (C=O) groups is 1. The molecule has 0 radical (unpaired) electrons. The number of sulfonamides is 1. The summed E-state index contributed by atoms with van der Waals surface area (Å²) in [6.45, 7) is 5.87. The van der Waals surface area contributed by atoms with Crippen molar-refractivity contribution in [2.45, 2.75) is 38.1 Å². The summed E-state index contributed by atoms with van der Waals surface area (Å²) < 4.78 is 38.6. The van der Waals surface area contributed by atoms with Gasteiger partial charge in [-0.3, -0.25) is 4.79 Å². The first-order valence-corrected chi connectivity index (χ1v) is 12.1. The minimum atomic E-state index is -3.88. The topological polar surface area (TPSA) is 111 Å². The second-order valence-corrected chi connectivity index (χ2v) is 9.78. The van der Waals surface area contributed by atoms with E-state index in [1.165, 1.54) is 19.2 Å². The molecule has 9 heteroatoms. The Morgan fingerprint density at radius 2 is 1.76 bits per heavy atom. The van der Waals surface area contributed by atoms with Crippen LogP contribution in [0.2, 0.25) is 0 Å². The second-order valence-electron chi connectivity index (χ2n) is 8.07. The highest BCUT2D eigenvalue weighted by Crippen LogP contribution is 2.19. The Balaban J connectivity index is 1.58. The van der Waals surface area contributed by atoms with Crippen molar-refractivity contribution < 1.29 is 22.4 Å². The van der Waals surface area contributed by atoms with E-state index in [9.17, 15) is 13.2 Å². The number of aryl methyl sites for hydroxylation is 1. The molecule has 2 aromatic carbocycles. The smallest absolute Gasteiger partial charge is 0.241 e. The zero-order chi connectivity index (χ0) is 24.0. The van der Waals surface area contributed by atoms with Crippen LogP contribution in [0.25, 0.3) is 11.5 Å². The van der Waals surface area contributed by atoms with Crippen molar-refractivity contribution in [3.05, 3.63) is 66.1 Å². The van der Waals surface area contributed by atoms with Gasteiger partial charge in [0.05, 0.1) is 17.7 Å². The summed E-state index contributed by atoms with van der Waals surface area (Å²) in [6, 6.07) is 12.9. The lowest BCUT2D eigenvalue weighted by Gasteiger charge is -2.21. The Bertz CT molecular complexity index is 1170. The fourth-order valence-electron chi connectivity index (χ4n) is 3.16. The van der Waals surface area contributed by atoms with Crippen LogP contribution >= 0.6 is 0 Å². The lowest BCUT2D eigenvalue weighted by atomic mass is 10.1. The van der Waals surface area contributed by atoms with Gasteiger partial charge in [0, 0.05) is 18.5 Å². The van der Waals surface area contributed by atoms with E-state index in [1.54, 1.807) is 32.2 Å². The molecule has 0 aliphatic heterocycles. The molecule has 8 nitrogen and oxygen atoms in total. The summed E-state index contributed by atoms with van der Waals surface area (Å²) in [5.41, 5.74) is 2.73. The van der Waals surface area contributed by atoms with E-state index in [-0.39, 0.29) is 10.8 Å². The molecule has 0 saturated heterocycles. The minimum absolute atomic E-state index is 0.0629. The SMILES string of the molecule is COc1ccc(S(=O)(=O)N[C@H](C(=O)NCCc2coc(-c3ccc(C)cc3)n2)C(C)C)cc1. The monoisotopic (exact) mass is 471 g/mol. The number of hydrogen-bond acceptors (Lipinski definition) is 6. The van der Waals surface area contributed by atoms with Gasteiger partial charge in [0.25, 0.3) is 0 Å². The van der Waals surface area contributed by atoms with Crippen molar-refractivity contribution in [1.29, 1.82) is 0 Å². The fourth-order valence-corrected chi connectivity index (χ4v) is 4.50. The molecule has 1 atom stereocenters. The molecule has 0 bridgehead atoms. The maximum Gasteiger partial charge on any atom is 0.241 e. The molecule has 0 saturated carbocycles. The van der Waals surface area contributed by atoms with Crippen LogP contribution in [0.1, 0.15) is 25.1 Å². The summed E-state index contributed by atoms with van der Waals surface area (Å²) in [7, 11) is -2.37. The molecule has 0 spiro atoms. The maximum absolute atomic E-state index is 12.8. The molecule has 1 amide bonds. The first-order chi connectivity index (χ1) is 15.7. The van der Waals surface area contributed by atoms with Crippen molar-refractivity contribution in [3.63, 3.8) is 0 Å². The van der Waals surface area contributed by atoms with Gasteiger partial charge < -0.3 is 14.5 Å². The van der Waals surface area contributed by atoms with Crippen LogP contribution < -0.4 is 14.8 Å². The van der Waals surface area contributed by atoms with E-state index < -0.39 is 22.0 Å². The van der Waals surface area contributed by atoms with Crippen LogP contribution in [0.4, 0.5) is 0 Å². The van der Waals surface area contributed by atoms with Crippen molar-refractivity contribution in [3.8, 4) is 17.2 Å². The molecular formula is C24H29N3O5S. The molecule has 33 heavy (non-hydrogen) atoms. The molecule has 0 aliphatic rings. The predicted molar refractivity (Wildman–Crippen MR) is 125 cm³/mol. The van der Waals surface area contributed by atoms with Crippen molar-refractivity contribution in [1.82, 2.24) is 15.0 Å². The van der Waals surface area contributed by atoms with E-state index in [0.717, 1.165) is 11.1 Å². The van der Waals surface area contributed by atoms with Crippen LogP contribution in [0, 0.1) is 12.8 Å². The van der Waals surface area contributed by atoms with Crippen molar-refractivity contribution >= 4 is 15.9 Å². The van der Waals surface area contributed by atoms with Gasteiger partial charge in [-0.25, -0.2) is 13.4 Å². The molecule has 176 valence electrons. The number of oxazole rings is 1. The largest absolute Gasteiger partial charge is 0.497 e. The lowest BCUT2D eigenvalue weighted by molar-refractivity contribution is -0.123. The normalized spacial score (nSPS) is 12.5. The van der Waals surface area contributed by atoms with Crippen LogP contribution in [-0.2, 0) is 21.2 Å². The molecule has 1 aromatic heterocycles. The maximum atomic E-state index is 12.8. The standard InChI is InChI=1S/C24H29N3O5S/c1-16(2)22(27-33(29,30)21-11-9-20(31-4)10-12-21)23(28)25-14-13-19-15-32-24(26-19)18-7-5-17(3)6-8-18/h5-12,15-16,22,27H,13-14H2,1-4H3,(H,25,28)/t22-/m0/s1. The molecule has 2 N–H and O–H groups in total. The van der Waals surface area contributed by atoms with Gasteiger partial charge in [-0.1, -0.05) is 31.5 Å². The molecule has 0 unspecified atom stereocenters. The molecular weight excluding hydrogens is 442 g/mol. The Kier molecular flexibility index (Phi) is 7.88. The third kappa shape index (κ3) is 6.43. The first kappa shape index (κ1) is 24.5. The highest BCUT2D eigenvalue weighted by Gasteiger charge is 2.28. The quantitative estimate of drug-likeness (QED) is 0.469. The van der Waals surface area contributed by atoms with Gasteiger partial charge in [0.1, 0.15) is 18.1 Å². The molecule has 3 aromatic rings. The number of rotatable bonds is 10. The number of nitrogens with one attached hydrogen (secondary N) is 2. The molecule has 0 aliphatic carbocycles. The van der Waals surface area contributed by atoms with Gasteiger partial charge in [0.15, 0.2) is 0 Å². The van der Waals surface area contributed by atoms with Gasteiger partial charge >= 0.3 is 0 Å². The highest BCUT2D eigenvalue weighted by molar-refractivity contribution is 7.89. The summed E-state index contributed by atoms with van der Waals surface area (Å²) in [6.07, 6.45) is 2.02. The number of ether oxygens (including phenoxy) is 1. The number of benzene rings is 2. The molecule has 1 heterocycles. The summed E-state index contributed by atoms with van der Waals surface area (Å²) in [5.74, 6) is 0.414. The average Bonchev–Trinajstić information content (AvgIpc) is 3.26. The Morgan fingerprint density at radius 1 is 1.09 bits per heavy atom. The number of hydrogen-bond donors (Lipinski definition) is 2. The second kappa shape index (κ2) is 10.6. The minimum Gasteiger partial charge on any atom is -0.497 e. The number of aromatic nitrogens is 1. The van der Waals surface area contributed by atoms with Crippen LogP contribution in [0.3, 0.4) is 0 Å².